The van der Waals surface area contributed by atoms with Gasteiger partial charge in [0.2, 0.25) is 0 Å². The van der Waals surface area contributed by atoms with Crippen molar-refractivity contribution < 1.29 is 0 Å². The van der Waals surface area contributed by atoms with Gasteiger partial charge in [-0.3, -0.25) is 4.68 Å². The second kappa shape index (κ2) is 4.40. The molecule has 94 valence electrons. The van der Waals surface area contributed by atoms with Gasteiger partial charge in [-0.2, -0.15) is 5.10 Å². The van der Waals surface area contributed by atoms with Crippen LogP contribution in [0.25, 0.3) is 0 Å². The van der Waals surface area contributed by atoms with Gasteiger partial charge in [0.1, 0.15) is 12.1 Å². The van der Waals surface area contributed by atoms with Gasteiger partial charge in [-0.25, -0.2) is 9.97 Å². The average Bonchev–Trinajstić information content (AvgIpc) is 2.97. The van der Waals surface area contributed by atoms with Gasteiger partial charge in [0.05, 0.1) is 12.2 Å². The second-order valence-corrected chi connectivity index (χ2v) is 4.90. The zero-order valence-corrected chi connectivity index (χ0v) is 10.7. The fourth-order valence-corrected chi connectivity index (χ4v) is 2.41. The zero-order valence-electron chi connectivity index (χ0n) is 10.7. The second-order valence-electron chi connectivity index (χ2n) is 4.90. The van der Waals surface area contributed by atoms with E-state index in [2.05, 4.69) is 37.8 Å². The molecule has 2 aromatic rings. The molecule has 0 radical (unpaired) electrons. The first-order chi connectivity index (χ1) is 8.72. The summed E-state index contributed by atoms with van der Waals surface area (Å²) in [6.45, 7) is 6.07. The molecule has 1 aliphatic rings. The van der Waals surface area contributed by atoms with Crippen LogP contribution in [0.1, 0.15) is 23.7 Å². The molecule has 0 saturated carbocycles. The Kier molecular flexibility index (Phi) is 2.74. The lowest BCUT2D eigenvalue weighted by molar-refractivity contribution is 0.494. The van der Waals surface area contributed by atoms with Gasteiger partial charge in [-0.1, -0.05) is 0 Å². The Hall–Kier alpha value is -1.91. The summed E-state index contributed by atoms with van der Waals surface area (Å²) >= 11 is 0. The van der Waals surface area contributed by atoms with E-state index in [4.69, 9.17) is 0 Å². The van der Waals surface area contributed by atoms with Crippen molar-refractivity contribution in [1.82, 2.24) is 19.7 Å². The van der Waals surface area contributed by atoms with Gasteiger partial charge in [0.15, 0.2) is 0 Å². The highest BCUT2D eigenvalue weighted by molar-refractivity contribution is 5.40. The van der Waals surface area contributed by atoms with Crippen molar-refractivity contribution in [3.8, 4) is 0 Å². The van der Waals surface area contributed by atoms with Gasteiger partial charge in [0.25, 0.3) is 0 Å². The lowest BCUT2D eigenvalue weighted by atomic mass is 10.3. The maximum absolute atomic E-state index is 4.40. The van der Waals surface area contributed by atoms with Crippen molar-refractivity contribution in [2.45, 2.75) is 26.3 Å². The van der Waals surface area contributed by atoms with Crippen LogP contribution < -0.4 is 4.90 Å². The summed E-state index contributed by atoms with van der Waals surface area (Å²) in [5, 5.41) is 4.40. The van der Waals surface area contributed by atoms with Crippen LogP contribution in [0, 0.1) is 13.8 Å². The van der Waals surface area contributed by atoms with Crippen LogP contribution in [-0.4, -0.2) is 32.8 Å². The van der Waals surface area contributed by atoms with Crippen molar-refractivity contribution in [3.05, 3.63) is 36.0 Å². The summed E-state index contributed by atoms with van der Waals surface area (Å²) < 4.78 is 2.07. The normalized spacial score (nSPS) is 19.4. The van der Waals surface area contributed by atoms with Crippen LogP contribution in [0.5, 0.6) is 0 Å². The molecule has 3 heterocycles. The summed E-state index contributed by atoms with van der Waals surface area (Å²) in [5.41, 5.74) is 2.23. The number of aryl methyl sites for hydroxylation is 2. The Morgan fingerprint density at radius 3 is 2.89 bits per heavy atom. The van der Waals surface area contributed by atoms with E-state index in [-0.39, 0.29) is 0 Å². The van der Waals surface area contributed by atoms with Crippen LogP contribution in [0.3, 0.4) is 0 Å². The van der Waals surface area contributed by atoms with Crippen molar-refractivity contribution in [1.29, 1.82) is 0 Å². The molecule has 1 fully saturated rings. The van der Waals surface area contributed by atoms with Crippen LogP contribution in [0.4, 0.5) is 5.82 Å². The topological polar surface area (TPSA) is 46.8 Å². The van der Waals surface area contributed by atoms with E-state index in [1.165, 1.54) is 5.56 Å². The standard InChI is InChI=1S/C13H17N5/c1-10-6-16-18(7-10)12-3-4-17(8-12)13-5-11(2)14-9-15-13/h5-7,9,12H,3-4,8H2,1-2H3. The molecule has 0 aliphatic carbocycles. The molecule has 0 amide bonds. The molecule has 0 spiro atoms. The van der Waals surface area contributed by atoms with Crippen molar-refractivity contribution in [2.75, 3.05) is 18.0 Å². The van der Waals surface area contributed by atoms with E-state index in [9.17, 15) is 0 Å². The molecule has 5 nitrogen and oxygen atoms in total. The van der Waals surface area contributed by atoms with E-state index in [0.29, 0.717) is 6.04 Å². The average molecular weight is 243 g/mol. The van der Waals surface area contributed by atoms with E-state index in [0.717, 1.165) is 31.0 Å². The SMILES string of the molecule is Cc1cnn(C2CCN(c3cc(C)ncn3)C2)c1. The Morgan fingerprint density at radius 1 is 1.28 bits per heavy atom. The fraction of sp³-hybridized carbons (Fsp3) is 0.462. The summed E-state index contributed by atoms with van der Waals surface area (Å²) in [7, 11) is 0. The van der Waals surface area contributed by atoms with Crippen LogP contribution >= 0.6 is 0 Å². The van der Waals surface area contributed by atoms with Gasteiger partial charge in [-0.05, 0) is 25.8 Å². The lowest BCUT2D eigenvalue weighted by Crippen LogP contribution is -2.22. The van der Waals surface area contributed by atoms with Gasteiger partial charge in [-0.15, -0.1) is 0 Å². The molecule has 18 heavy (non-hydrogen) atoms. The van der Waals surface area contributed by atoms with Crippen LogP contribution in [0.2, 0.25) is 0 Å². The molecule has 5 heteroatoms. The highest BCUT2D eigenvalue weighted by Gasteiger charge is 2.25. The fourth-order valence-electron chi connectivity index (χ4n) is 2.41. The van der Waals surface area contributed by atoms with E-state index in [1.54, 1.807) is 6.33 Å². The Morgan fingerprint density at radius 2 is 2.17 bits per heavy atom. The molecular formula is C13H17N5. The Bertz CT molecular complexity index is 548. The number of hydrogen-bond donors (Lipinski definition) is 0. The molecule has 1 atom stereocenters. The quantitative estimate of drug-likeness (QED) is 0.806. The summed E-state index contributed by atoms with van der Waals surface area (Å²) in [5.74, 6) is 1.02. The molecule has 1 aliphatic heterocycles. The molecule has 1 unspecified atom stereocenters. The molecule has 1 saturated heterocycles. The highest BCUT2D eigenvalue weighted by atomic mass is 15.3. The van der Waals surface area contributed by atoms with Crippen LogP contribution in [-0.2, 0) is 0 Å². The number of hydrogen-bond acceptors (Lipinski definition) is 4. The third-order valence-corrected chi connectivity index (χ3v) is 3.38. The van der Waals surface area contributed by atoms with Crippen molar-refractivity contribution in [2.24, 2.45) is 0 Å². The molecule has 0 N–H and O–H groups in total. The minimum Gasteiger partial charge on any atom is -0.354 e. The number of anilines is 1. The first-order valence-electron chi connectivity index (χ1n) is 6.27. The first-order valence-corrected chi connectivity index (χ1v) is 6.27. The highest BCUT2D eigenvalue weighted by Crippen LogP contribution is 2.25. The minimum absolute atomic E-state index is 0.453. The van der Waals surface area contributed by atoms with Gasteiger partial charge < -0.3 is 4.90 Å². The van der Waals surface area contributed by atoms with Crippen LogP contribution in [0.15, 0.2) is 24.8 Å². The van der Waals surface area contributed by atoms with Gasteiger partial charge in [0, 0.05) is 31.0 Å². The Labute approximate surface area is 106 Å². The number of aromatic nitrogens is 4. The van der Waals surface area contributed by atoms with E-state index < -0.39 is 0 Å². The third kappa shape index (κ3) is 2.08. The maximum Gasteiger partial charge on any atom is 0.132 e. The van der Waals surface area contributed by atoms with Crippen molar-refractivity contribution >= 4 is 5.82 Å². The molecule has 2 aromatic heterocycles. The third-order valence-electron chi connectivity index (χ3n) is 3.38. The summed E-state index contributed by atoms with van der Waals surface area (Å²) in [6.07, 6.45) is 6.77. The zero-order chi connectivity index (χ0) is 12.5. The van der Waals surface area contributed by atoms with Crippen molar-refractivity contribution in [3.63, 3.8) is 0 Å². The minimum atomic E-state index is 0.453. The van der Waals surface area contributed by atoms with E-state index in [1.807, 2.05) is 19.2 Å². The monoisotopic (exact) mass is 243 g/mol. The molecule has 3 rings (SSSR count). The van der Waals surface area contributed by atoms with E-state index >= 15 is 0 Å². The molecular weight excluding hydrogens is 226 g/mol. The summed E-state index contributed by atoms with van der Waals surface area (Å²) in [6, 6.07) is 2.49. The predicted molar refractivity (Wildman–Crippen MR) is 69.6 cm³/mol. The van der Waals surface area contributed by atoms with Gasteiger partial charge >= 0.3 is 0 Å². The molecule has 0 bridgehead atoms. The smallest absolute Gasteiger partial charge is 0.132 e. The number of nitrogens with zero attached hydrogens (tertiary/aromatic N) is 5. The first kappa shape index (κ1) is 11.2. The Balaban J connectivity index is 1.75. The lowest BCUT2D eigenvalue weighted by Gasteiger charge is -2.17. The summed E-state index contributed by atoms with van der Waals surface area (Å²) in [4.78, 5) is 10.8. The molecule has 0 aromatic carbocycles. The maximum atomic E-state index is 4.40. The largest absolute Gasteiger partial charge is 0.354 e. The predicted octanol–water partition coefficient (Wildman–Crippen LogP) is 1.74. The number of rotatable bonds is 2.